The Morgan fingerprint density at radius 1 is 0.778 bits per heavy atom. The average molecular weight is 260 g/mol. The van der Waals surface area contributed by atoms with Gasteiger partial charge in [0.2, 0.25) is 0 Å². The second-order valence-electron chi connectivity index (χ2n) is 5.85. The van der Waals surface area contributed by atoms with Gasteiger partial charge in [0.1, 0.15) is 5.60 Å². The highest BCUT2D eigenvalue weighted by Gasteiger charge is 2.19. The molecule has 0 fully saturated rings. The maximum absolute atomic E-state index is 8.24. The van der Waals surface area contributed by atoms with E-state index < -0.39 is 0 Å². The lowest BCUT2D eigenvalue weighted by Crippen LogP contribution is -2.23. The van der Waals surface area contributed by atoms with Crippen LogP contribution in [0, 0.1) is 0 Å². The van der Waals surface area contributed by atoms with Crippen LogP contribution in [0.15, 0.2) is 0 Å². The van der Waals surface area contributed by atoms with Crippen LogP contribution in [0.5, 0.6) is 0 Å². The highest BCUT2D eigenvalue weighted by Crippen LogP contribution is 2.19. The van der Waals surface area contributed by atoms with Crippen molar-refractivity contribution < 1.29 is 15.2 Å². The van der Waals surface area contributed by atoms with Crippen LogP contribution in [0.25, 0.3) is 0 Å². The Balaban J connectivity index is 3.16. The minimum absolute atomic E-state index is 0.380. The number of hydrogen-bond donors (Lipinski definition) is 1. The molecule has 18 heavy (non-hydrogen) atoms. The van der Waals surface area contributed by atoms with E-state index in [9.17, 15) is 0 Å². The Bertz CT molecular complexity index is 169. The monoisotopic (exact) mass is 260 g/mol. The van der Waals surface area contributed by atoms with Crippen molar-refractivity contribution in [1.82, 2.24) is 0 Å². The van der Waals surface area contributed by atoms with Crippen molar-refractivity contribution in [2.75, 3.05) is 0 Å². The topological polar surface area (TPSA) is 38.7 Å². The molecule has 0 bridgehead atoms. The summed E-state index contributed by atoms with van der Waals surface area (Å²) in [6.45, 7) is 6.11. The molecule has 0 aliphatic rings. The molecule has 0 radical (unpaired) electrons. The Kier molecular flexibility index (Phi) is 11.9. The molecule has 0 amide bonds. The normalized spacial score (nSPS) is 12.0. The SMILES string of the molecule is CCCCCCCCCCCCC(C)(C)OOO. The molecule has 0 spiro atoms. The van der Waals surface area contributed by atoms with Gasteiger partial charge in [0.25, 0.3) is 0 Å². The van der Waals surface area contributed by atoms with E-state index in [4.69, 9.17) is 10.1 Å². The fourth-order valence-corrected chi connectivity index (χ4v) is 2.18. The fraction of sp³-hybridized carbons (Fsp3) is 1.00. The zero-order valence-electron chi connectivity index (χ0n) is 12.5. The molecule has 0 aromatic carbocycles. The third-order valence-electron chi connectivity index (χ3n) is 3.40. The summed E-state index contributed by atoms with van der Waals surface area (Å²) in [5, 5.41) is 12.0. The van der Waals surface area contributed by atoms with Gasteiger partial charge in [-0.15, -0.1) is 0 Å². The van der Waals surface area contributed by atoms with Crippen LogP contribution in [0.1, 0.15) is 91.4 Å². The lowest BCUT2D eigenvalue weighted by molar-refractivity contribution is -0.522. The summed E-state index contributed by atoms with van der Waals surface area (Å²) in [7, 11) is 0. The van der Waals surface area contributed by atoms with E-state index in [1.165, 1.54) is 57.8 Å². The van der Waals surface area contributed by atoms with E-state index in [2.05, 4.69) is 12.0 Å². The average Bonchev–Trinajstić information content (AvgIpc) is 2.31. The zero-order valence-corrected chi connectivity index (χ0v) is 12.5. The maximum atomic E-state index is 8.24. The predicted octanol–water partition coefficient (Wildman–Crippen LogP) is 5.50. The van der Waals surface area contributed by atoms with Crippen molar-refractivity contribution in [1.29, 1.82) is 0 Å². The van der Waals surface area contributed by atoms with Gasteiger partial charge < -0.3 is 0 Å². The molecule has 0 atom stereocenters. The zero-order chi connectivity index (χ0) is 13.7. The fourth-order valence-electron chi connectivity index (χ4n) is 2.18. The maximum Gasteiger partial charge on any atom is 0.101 e. The Hall–Kier alpha value is -0.120. The Morgan fingerprint density at radius 2 is 1.22 bits per heavy atom. The molecular formula is C15H32O3. The molecule has 0 aromatic rings. The first-order valence-electron chi connectivity index (χ1n) is 7.61. The molecule has 110 valence electrons. The number of rotatable bonds is 13. The summed E-state index contributed by atoms with van der Waals surface area (Å²) in [5.74, 6) is 0. The lowest BCUT2D eigenvalue weighted by atomic mass is 9.99. The molecule has 0 aliphatic carbocycles. The molecule has 0 aliphatic heterocycles. The summed E-state index contributed by atoms with van der Waals surface area (Å²) in [6, 6.07) is 0. The first kappa shape index (κ1) is 17.9. The highest BCUT2D eigenvalue weighted by molar-refractivity contribution is 4.66. The molecular weight excluding hydrogens is 228 g/mol. The van der Waals surface area contributed by atoms with Gasteiger partial charge in [0.05, 0.1) is 0 Å². The quantitative estimate of drug-likeness (QED) is 0.270. The minimum Gasteiger partial charge on any atom is -0.221 e. The Morgan fingerprint density at radius 3 is 1.67 bits per heavy atom. The van der Waals surface area contributed by atoms with Crippen LogP contribution in [0.3, 0.4) is 0 Å². The van der Waals surface area contributed by atoms with E-state index in [1.807, 2.05) is 13.8 Å². The first-order chi connectivity index (χ1) is 8.62. The van der Waals surface area contributed by atoms with E-state index in [1.54, 1.807) is 0 Å². The van der Waals surface area contributed by atoms with Gasteiger partial charge in [0.15, 0.2) is 0 Å². The summed E-state index contributed by atoms with van der Waals surface area (Å²) in [6.07, 6.45) is 14.3. The van der Waals surface area contributed by atoms with E-state index in [-0.39, 0.29) is 5.60 Å². The minimum atomic E-state index is -0.380. The Labute approximate surface area is 113 Å². The molecule has 0 aromatic heterocycles. The van der Waals surface area contributed by atoms with Crippen molar-refractivity contribution in [3.8, 4) is 0 Å². The van der Waals surface area contributed by atoms with Gasteiger partial charge in [-0.25, -0.2) is 10.1 Å². The van der Waals surface area contributed by atoms with Crippen molar-refractivity contribution in [3.63, 3.8) is 0 Å². The van der Waals surface area contributed by atoms with Crippen LogP contribution < -0.4 is 0 Å². The number of hydrogen-bond acceptors (Lipinski definition) is 3. The smallest absolute Gasteiger partial charge is 0.101 e. The molecule has 0 rings (SSSR count). The molecule has 0 saturated carbocycles. The third-order valence-corrected chi connectivity index (χ3v) is 3.40. The van der Waals surface area contributed by atoms with Gasteiger partial charge in [-0.1, -0.05) is 76.2 Å². The van der Waals surface area contributed by atoms with Gasteiger partial charge in [0, 0.05) is 0 Å². The number of unbranched alkanes of at least 4 members (excludes halogenated alkanes) is 9. The van der Waals surface area contributed by atoms with Gasteiger partial charge in [-0.3, -0.25) is 0 Å². The van der Waals surface area contributed by atoms with Crippen LogP contribution in [0.4, 0.5) is 0 Å². The van der Waals surface area contributed by atoms with Crippen LogP contribution in [0.2, 0.25) is 0 Å². The molecule has 0 heterocycles. The lowest BCUT2D eigenvalue weighted by Gasteiger charge is -2.20. The summed E-state index contributed by atoms with van der Waals surface area (Å²) in [4.78, 5) is 4.77. The van der Waals surface area contributed by atoms with Crippen LogP contribution >= 0.6 is 0 Å². The third kappa shape index (κ3) is 12.3. The predicted molar refractivity (Wildman–Crippen MR) is 75.3 cm³/mol. The van der Waals surface area contributed by atoms with Crippen molar-refractivity contribution in [3.05, 3.63) is 0 Å². The first-order valence-corrected chi connectivity index (χ1v) is 7.61. The molecule has 0 saturated heterocycles. The van der Waals surface area contributed by atoms with E-state index in [0.29, 0.717) is 0 Å². The largest absolute Gasteiger partial charge is 0.221 e. The van der Waals surface area contributed by atoms with Crippen LogP contribution in [-0.4, -0.2) is 10.9 Å². The van der Waals surface area contributed by atoms with Crippen LogP contribution in [-0.2, 0) is 9.93 Å². The summed E-state index contributed by atoms with van der Waals surface area (Å²) >= 11 is 0. The molecule has 0 unspecified atom stereocenters. The van der Waals surface area contributed by atoms with Crippen molar-refractivity contribution in [2.24, 2.45) is 0 Å². The summed E-state index contributed by atoms with van der Waals surface area (Å²) < 4.78 is 0. The second kappa shape index (κ2) is 11.9. The van der Waals surface area contributed by atoms with Crippen molar-refractivity contribution >= 4 is 0 Å². The van der Waals surface area contributed by atoms with E-state index >= 15 is 0 Å². The van der Waals surface area contributed by atoms with Gasteiger partial charge in [-0.05, 0) is 20.3 Å². The highest BCUT2D eigenvalue weighted by atomic mass is 17.5. The second-order valence-corrected chi connectivity index (χ2v) is 5.85. The summed E-state index contributed by atoms with van der Waals surface area (Å²) in [5.41, 5.74) is -0.380. The van der Waals surface area contributed by atoms with Gasteiger partial charge in [-0.2, -0.15) is 0 Å². The van der Waals surface area contributed by atoms with E-state index in [0.717, 1.165) is 12.8 Å². The molecule has 3 nitrogen and oxygen atoms in total. The molecule has 3 heteroatoms. The molecule has 1 N–H and O–H groups in total. The van der Waals surface area contributed by atoms with Gasteiger partial charge >= 0.3 is 0 Å². The van der Waals surface area contributed by atoms with Crippen molar-refractivity contribution in [2.45, 2.75) is 97.0 Å². The standard InChI is InChI=1S/C15H32O3/c1-4-5-6-7-8-9-10-11-12-13-14-15(2,3)17-18-16/h16H,4-14H2,1-3H3.